The Labute approximate surface area is 116 Å². The van der Waals surface area contributed by atoms with E-state index in [0.29, 0.717) is 11.6 Å². The van der Waals surface area contributed by atoms with Crippen molar-refractivity contribution < 1.29 is 4.79 Å². The van der Waals surface area contributed by atoms with E-state index in [2.05, 4.69) is 26.1 Å². The minimum absolute atomic E-state index is 0.0799. The van der Waals surface area contributed by atoms with Crippen molar-refractivity contribution >= 4 is 21.8 Å². The van der Waals surface area contributed by atoms with E-state index in [9.17, 15) is 4.79 Å². The smallest absolute Gasteiger partial charge is 0.255 e. The Morgan fingerprint density at radius 1 is 1.33 bits per heavy atom. The number of hydrogen-bond donors (Lipinski definition) is 0. The van der Waals surface area contributed by atoms with Gasteiger partial charge in [-0.25, -0.2) is 0 Å². The van der Waals surface area contributed by atoms with E-state index in [1.807, 2.05) is 4.90 Å². The molecule has 1 aromatic heterocycles. The summed E-state index contributed by atoms with van der Waals surface area (Å²) in [5.74, 6) is 0.0799. The summed E-state index contributed by atoms with van der Waals surface area (Å²) < 4.78 is 0. The van der Waals surface area contributed by atoms with Crippen molar-refractivity contribution in [1.82, 2.24) is 15.1 Å². The van der Waals surface area contributed by atoms with Crippen LogP contribution in [0.3, 0.4) is 0 Å². The Morgan fingerprint density at radius 2 is 2.11 bits per heavy atom. The van der Waals surface area contributed by atoms with Gasteiger partial charge < -0.3 is 4.90 Å². The van der Waals surface area contributed by atoms with Crippen molar-refractivity contribution in [2.24, 2.45) is 0 Å². The van der Waals surface area contributed by atoms with Crippen molar-refractivity contribution in [2.75, 3.05) is 11.9 Å². The lowest BCUT2D eigenvalue weighted by molar-refractivity contribution is 0.0650. The first kappa shape index (κ1) is 13.5. The van der Waals surface area contributed by atoms with Crippen LogP contribution in [-0.2, 0) is 0 Å². The third-order valence-electron chi connectivity index (χ3n) is 3.43. The highest BCUT2D eigenvalue weighted by Gasteiger charge is 2.25. The van der Waals surface area contributed by atoms with Gasteiger partial charge in [-0.05, 0) is 18.9 Å². The number of amides is 1. The lowest BCUT2D eigenvalue weighted by Gasteiger charge is -2.34. The molecule has 0 aliphatic heterocycles. The number of alkyl halides is 1. The first-order chi connectivity index (χ1) is 8.83. The predicted octanol–water partition coefficient (Wildman–Crippen LogP) is 2.65. The number of hydrogen-bond acceptors (Lipinski definition) is 3. The van der Waals surface area contributed by atoms with Gasteiger partial charge in [0.1, 0.15) is 0 Å². The molecule has 0 aromatic carbocycles. The zero-order chi connectivity index (χ0) is 12.8. The number of rotatable bonds is 4. The maximum Gasteiger partial charge on any atom is 0.255 e. The summed E-state index contributed by atoms with van der Waals surface area (Å²) in [5, 5.41) is 8.31. The van der Waals surface area contributed by atoms with Crippen molar-refractivity contribution in [3.05, 3.63) is 24.0 Å². The molecule has 0 radical (unpaired) electrons. The van der Waals surface area contributed by atoms with Gasteiger partial charge in [0.05, 0.1) is 18.0 Å². The van der Waals surface area contributed by atoms with Gasteiger partial charge in [-0.3, -0.25) is 4.79 Å². The third-order valence-corrected chi connectivity index (χ3v) is 3.79. The summed E-state index contributed by atoms with van der Waals surface area (Å²) in [5.41, 5.74) is 0.636. The highest BCUT2D eigenvalue weighted by Crippen LogP contribution is 2.23. The van der Waals surface area contributed by atoms with Gasteiger partial charge in [0, 0.05) is 17.9 Å². The van der Waals surface area contributed by atoms with Crippen LogP contribution in [0.4, 0.5) is 0 Å². The molecule has 18 heavy (non-hydrogen) atoms. The molecule has 1 aliphatic carbocycles. The Bertz CT molecular complexity index is 379. The number of halogens is 1. The predicted molar refractivity (Wildman–Crippen MR) is 73.7 cm³/mol. The molecule has 0 atom stereocenters. The molecule has 0 bridgehead atoms. The molecular formula is C13H18BrN3O. The van der Waals surface area contributed by atoms with Crippen LogP contribution in [0.25, 0.3) is 0 Å². The number of carbonyl (C=O) groups excluding carboxylic acids is 1. The molecule has 0 spiro atoms. The van der Waals surface area contributed by atoms with Gasteiger partial charge in [0.15, 0.2) is 0 Å². The number of carbonyl (C=O) groups is 1. The maximum absolute atomic E-state index is 12.5. The Balaban J connectivity index is 2.11. The van der Waals surface area contributed by atoms with Crippen LogP contribution in [0.1, 0.15) is 42.5 Å². The molecule has 0 N–H and O–H groups in total. The molecule has 1 amide bonds. The average molecular weight is 312 g/mol. The largest absolute Gasteiger partial charge is 0.335 e. The minimum Gasteiger partial charge on any atom is -0.335 e. The van der Waals surface area contributed by atoms with Gasteiger partial charge in [-0.2, -0.15) is 10.2 Å². The van der Waals surface area contributed by atoms with Gasteiger partial charge in [-0.1, -0.05) is 35.2 Å². The monoisotopic (exact) mass is 311 g/mol. The summed E-state index contributed by atoms with van der Waals surface area (Å²) in [4.78, 5) is 14.5. The highest BCUT2D eigenvalue weighted by molar-refractivity contribution is 9.09. The number of nitrogens with zero attached hydrogens (tertiary/aromatic N) is 3. The fraction of sp³-hybridized carbons (Fsp3) is 0.615. The second kappa shape index (κ2) is 6.83. The van der Waals surface area contributed by atoms with Crippen LogP contribution in [0.5, 0.6) is 0 Å². The van der Waals surface area contributed by atoms with E-state index >= 15 is 0 Å². The Hall–Kier alpha value is -0.970. The lowest BCUT2D eigenvalue weighted by atomic mass is 9.94. The summed E-state index contributed by atoms with van der Waals surface area (Å²) in [6.07, 6.45) is 9.11. The van der Waals surface area contributed by atoms with Crippen molar-refractivity contribution in [3.8, 4) is 0 Å². The highest BCUT2D eigenvalue weighted by atomic mass is 79.9. The Kier molecular flexibility index (Phi) is 5.11. The first-order valence-corrected chi connectivity index (χ1v) is 7.58. The fourth-order valence-electron chi connectivity index (χ4n) is 2.52. The van der Waals surface area contributed by atoms with E-state index in [-0.39, 0.29) is 5.91 Å². The van der Waals surface area contributed by atoms with Crippen molar-refractivity contribution in [3.63, 3.8) is 0 Å². The van der Waals surface area contributed by atoms with E-state index < -0.39 is 0 Å². The SMILES string of the molecule is O=C(c1ccnnc1)N(CCBr)C1CCCCC1. The summed E-state index contributed by atoms with van der Waals surface area (Å²) in [7, 11) is 0. The zero-order valence-corrected chi connectivity index (χ0v) is 12.0. The molecule has 4 nitrogen and oxygen atoms in total. The molecule has 1 fully saturated rings. The van der Waals surface area contributed by atoms with E-state index in [1.165, 1.54) is 19.3 Å². The van der Waals surface area contributed by atoms with Crippen LogP contribution < -0.4 is 0 Å². The van der Waals surface area contributed by atoms with Crippen molar-refractivity contribution in [2.45, 2.75) is 38.1 Å². The quantitative estimate of drug-likeness (QED) is 0.803. The molecule has 98 valence electrons. The maximum atomic E-state index is 12.5. The Morgan fingerprint density at radius 3 is 2.72 bits per heavy atom. The van der Waals surface area contributed by atoms with Gasteiger partial charge in [0.25, 0.3) is 5.91 Å². The van der Waals surface area contributed by atoms with E-state index in [1.54, 1.807) is 18.5 Å². The molecule has 5 heteroatoms. The summed E-state index contributed by atoms with van der Waals surface area (Å²) in [6, 6.07) is 2.12. The normalized spacial score (nSPS) is 16.5. The molecular weight excluding hydrogens is 294 g/mol. The van der Waals surface area contributed by atoms with Crippen LogP contribution in [0.15, 0.2) is 18.5 Å². The molecule has 1 saturated carbocycles. The zero-order valence-electron chi connectivity index (χ0n) is 10.4. The summed E-state index contributed by atoms with van der Waals surface area (Å²) >= 11 is 3.44. The molecule has 2 rings (SSSR count). The molecule has 1 heterocycles. The second-order valence-electron chi connectivity index (χ2n) is 4.61. The molecule has 0 unspecified atom stereocenters. The van der Waals surface area contributed by atoms with E-state index in [0.717, 1.165) is 24.7 Å². The molecule has 1 aliphatic rings. The minimum atomic E-state index is 0.0799. The van der Waals surface area contributed by atoms with Crippen LogP contribution >= 0.6 is 15.9 Å². The van der Waals surface area contributed by atoms with Crippen LogP contribution in [0, 0.1) is 0 Å². The standard InChI is InChI=1S/C13H18BrN3O/c14-7-9-17(12-4-2-1-3-5-12)13(18)11-6-8-15-16-10-11/h6,8,10,12H,1-5,7,9H2. The van der Waals surface area contributed by atoms with Gasteiger partial charge in [0.2, 0.25) is 0 Å². The van der Waals surface area contributed by atoms with Gasteiger partial charge >= 0.3 is 0 Å². The second-order valence-corrected chi connectivity index (χ2v) is 5.40. The fourth-order valence-corrected chi connectivity index (χ4v) is 2.90. The van der Waals surface area contributed by atoms with Gasteiger partial charge in [-0.15, -0.1) is 0 Å². The topological polar surface area (TPSA) is 46.1 Å². The van der Waals surface area contributed by atoms with E-state index in [4.69, 9.17) is 0 Å². The third kappa shape index (κ3) is 3.28. The number of aromatic nitrogens is 2. The van der Waals surface area contributed by atoms with Crippen LogP contribution in [-0.4, -0.2) is 38.9 Å². The molecule has 1 aromatic rings. The molecule has 0 saturated heterocycles. The summed E-state index contributed by atoms with van der Waals surface area (Å²) in [6.45, 7) is 0.756. The lowest BCUT2D eigenvalue weighted by Crippen LogP contribution is -2.42. The average Bonchev–Trinajstić information content (AvgIpc) is 2.46. The van der Waals surface area contributed by atoms with Crippen molar-refractivity contribution in [1.29, 1.82) is 0 Å². The van der Waals surface area contributed by atoms with Crippen LogP contribution in [0.2, 0.25) is 0 Å². The first-order valence-electron chi connectivity index (χ1n) is 6.46.